The van der Waals surface area contributed by atoms with Crippen LogP contribution < -0.4 is 0 Å². The highest BCUT2D eigenvalue weighted by molar-refractivity contribution is 6.27. The van der Waals surface area contributed by atoms with Gasteiger partial charge in [0.15, 0.2) is 0 Å². The molecule has 1 aromatic heterocycles. The molecule has 0 unspecified atom stereocenters. The van der Waals surface area contributed by atoms with E-state index in [4.69, 9.17) is 11.6 Å². The van der Waals surface area contributed by atoms with Crippen LogP contribution in [-0.4, -0.2) is 33.0 Å². The van der Waals surface area contributed by atoms with Crippen molar-refractivity contribution in [1.29, 1.82) is 0 Å². The molecule has 1 aromatic rings. The van der Waals surface area contributed by atoms with Gasteiger partial charge in [-0.25, -0.2) is 0 Å². The quantitative estimate of drug-likeness (QED) is 0.757. The molecule has 1 amide bonds. The van der Waals surface area contributed by atoms with Gasteiger partial charge in [0.1, 0.15) is 5.88 Å². The number of carbonyl (C=O) groups excluding carboxylic acids is 1. The lowest BCUT2D eigenvalue weighted by Gasteiger charge is -2.44. The molecule has 1 fully saturated rings. The fraction of sp³-hybridized carbons (Fsp3) is 0.733. The summed E-state index contributed by atoms with van der Waals surface area (Å²) in [5.41, 5.74) is 2.53. The Labute approximate surface area is 126 Å². The number of hydrogen-bond acceptors (Lipinski definition) is 2. The first kappa shape index (κ1) is 15.4. The maximum Gasteiger partial charge on any atom is 0.237 e. The molecule has 112 valence electrons. The standard InChI is InChI=1S/C15H24ClN3O/c1-4-15(6-5-7-15)11-19(14(20)8-16)10-13-12(2)9-17-18(13)3/h9H,4-8,10-11H2,1-3H3. The van der Waals surface area contributed by atoms with Crippen molar-refractivity contribution in [2.24, 2.45) is 12.5 Å². The van der Waals surface area contributed by atoms with Gasteiger partial charge in [-0.3, -0.25) is 9.48 Å². The zero-order valence-electron chi connectivity index (χ0n) is 12.7. The molecule has 0 radical (unpaired) electrons. The summed E-state index contributed by atoms with van der Waals surface area (Å²) in [6.07, 6.45) is 6.70. The first-order valence-electron chi connectivity index (χ1n) is 7.32. The van der Waals surface area contributed by atoms with Crippen molar-refractivity contribution < 1.29 is 4.79 Å². The third-order valence-electron chi connectivity index (χ3n) is 4.77. The summed E-state index contributed by atoms with van der Waals surface area (Å²) in [4.78, 5) is 14.1. The predicted molar refractivity (Wildman–Crippen MR) is 80.7 cm³/mol. The van der Waals surface area contributed by atoms with Crippen LogP contribution in [0.15, 0.2) is 6.20 Å². The Morgan fingerprint density at radius 1 is 1.55 bits per heavy atom. The van der Waals surface area contributed by atoms with E-state index < -0.39 is 0 Å². The van der Waals surface area contributed by atoms with E-state index in [2.05, 4.69) is 12.0 Å². The van der Waals surface area contributed by atoms with Crippen molar-refractivity contribution >= 4 is 17.5 Å². The highest BCUT2D eigenvalue weighted by atomic mass is 35.5. The van der Waals surface area contributed by atoms with Crippen molar-refractivity contribution in [3.05, 3.63) is 17.5 Å². The van der Waals surface area contributed by atoms with Crippen molar-refractivity contribution in [3.8, 4) is 0 Å². The second kappa shape index (κ2) is 6.17. The summed E-state index contributed by atoms with van der Waals surface area (Å²) in [7, 11) is 1.92. The van der Waals surface area contributed by atoms with Crippen molar-refractivity contribution in [2.45, 2.75) is 46.1 Å². The van der Waals surface area contributed by atoms with Crippen LogP contribution in [0.2, 0.25) is 0 Å². The van der Waals surface area contributed by atoms with Gasteiger partial charge in [-0.05, 0) is 37.2 Å². The minimum absolute atomic E-state index is 0.0204. The largest absolute Gasteiger partial charge is 0.335 e. The van der Waals surface area contributed by atoms with Crippen LogP contribution in [0.4, 0.5) is 0 Å². The number of halogens is 1. The summed E-state index contributed by atoms with van der Waals surface area (Å²) in [5, 5.41) is 4.25. The van der Waals surface area contributed by atoms with Crippen LogP contribution in [-0.2, 0) is 18.4 Å². The molecule has 0 N–H and O–H groups in total. The van der Waals surface area contributed by atoms with Crippen molar-refractivity contribution in [1.82, 2.24) is 14.7 Å². The van der Waals surface area contributed by atoms with Gasteiger partial charge in [0.25, 0.3) is 0 Å². The lowest BCUT2D eigenvalue weighted by Crippen LogP contribution is -2.45. The van der Waals surface area contributed by atoms with Gasteiger partial charge in [0, 0.05) is 13.6 Å². The Kier molecular flexibility index (Phi) is 4.74. The molecule has 0 saturated heterocycles. The predicted octanol–water partition coefficient (Wildman–Crippen LogP) is 2.88. The lowest BCUT2D eigenvalue weighted by atomic mass is 9.66. The van der Waals surface area contributed by atoms with E-state index in [-0.39, 0.29) is 11.8 Å². The summed E-state index contributed by atoms with van der Waals surface area (Å²) in [5.74, 6) is 0.0726. The van der Waals surface area contributed by atoms with E-state index in [0.29, 0.717) is 12.0 Å². The molecule has 5 heteroatoms. The molecule has 4 nitrogen and oxygen atoms in total. The molecule has 20 heavy (non-hydrogen) atoms. The van der Waals surface area contributed by atoms with E-state index >= 15 is 0 Å². The molecular weight excluding hydrogens is 274 g/mol. The highest BCUT2D eigenvalue weighted by Crippen LogP contribution is 2.44. The van der Waals surface area contributed by atoms with Gasteiger partial charge in [-0.2, -0.15) is 5.10 Å². The minimum atomic E-state index is 0.0204. The van der Waals surface area contributed by atoms with Gasteiger partial charge >= 0.3 is 0 Å². The van der Waals surface area contributed by atoms with Crippen LogP contribution in [0.25, 0.3) is 0 Å². The molecular formula is C15H24ClN3O. The Morgan fingerprint density at radius 2 is 2.25 bits per heavy atom. The first-order valence-corrected chi connectivity index (χ1v) is 7.86. The molecule has 0 bridgehead atoms. The molecule has 2 rings (SSSR count). The van der Waals surface area contributed by atoms with Crippen LogP contribution in [0.1, 0.15) is 43.9 Å². The Morgan fingerprint density at radius 3 is 2.65 bits per heavy atom. The summed E-state index contributed by atoms with van der Waals surface area (Å²) < 4.78 is 1.85. The summed E-state index contributed by atoms with van der Waals surface area (Å²) in [6, 6.07) is 0. The average molecular weight is 298 g/mol. The number of aromatic nitrogens is 2. The number of rotatable bonds is 6. The Bertz CT molecular complexity index is 454. The smallest absolute Gasteiger partial charge is 0.237 e. The number of aryl methyl sites for hydroxylation is 2. The van der Waals surface area contributed by atoms with Crippen molar-refractivity contribution in [2.75, 3.05) is 12.4 Å². The van der Waals surface area contributed by atoms with Gasteiger partial charge in [-0.15, -0.1) is 11.6 Å². The zero-order valence-corrected chi connectivity index (χ0v) is 13.4. The molecule has 0 aliphatic heterocycles. The maximum atomic E-state index is 12.2. The van der Waals surface area contributed by atoms with Crippen LogP contribution in [0, 0.1) is 12.3 Å². The van der Waals surface area contributed by atoms with Gasteiger partial charge in [0.05, 0.1) is 18.4 Å². The van der Waals surface area contributed by atoms with Gasteiger partial charge in [0.2, 0.25) is 5.91 Å². The maximum absolute atomic E-state index is 12.2. The van der Waals surface area contributed by atoms with E-state index in [1.807, 2.05) is 29.7 Å². The molecule has 0 aromatic carbocycles. The zero-order chi connectivity index (χ0) is 14.8. The van der Waals surface area contributed by atoms with Crippen molar-refractivity contribution in [3.63, 3.8) is 0 Å². The topological polar surface area (TPSA) is 38.1 Å². The van der Waals surface area contributed by atoms with E-state index in [9.17, 15) is 4.79 Å². The SMILES string of the molecule is CCC1(CN(Cc2c(C)cnn2C)C(=O)CCl)CCC1. The molecule has 0 spiro atoms. The molecule has 1 saturated carbocycles. The number of carbonyl (C=O) groups is 1. The fourth-order valence-electron chi connectivity index (χ4n) is 3.00. The second-order valence-corrected chi connectivity index (χ2v) is 6.26. The second-order valence-electron chi connectivity index (χ2n) is 5.99. The molecule has 1 aliphatic rings. The first-order chi connectivity index (χ1) is 9.51. The fourth-order valence-corrected chi connectivity index (χ4v) is 3.17. The number of hydrogen-bond donors (Lipinski definition) is 0. The van der Waals surface area contributed by atoms with E-state index in [1.165, 1.54) is 19.3 Å². The third-order valence-corrected chi connectivity index (χ3v) is 5.00. The monoisotopic (exact) mass is 297 g/mol. The Hall–Kier alpha value is -1.03. The third kappa shape index (κ3) is 3.00. The number of amides is 1. The average Bonchev–Trinajstić information content (AvgIpc) is 2.72. The number of alkyl halides is 1. The molecule has 1 aliphatic carbocycles. The highest BCUT2D eigenvalue weighted by Gasteiger charge is 2.37. The molecule has 0 atom stereocenters. The van der Waals surface area contributed by atoms with Crippen LogP contribution in [0.3, 0.4) is 0 Å². The lowest BCUT2D eigenvalue weighted by molar-refractivity contribution is -0.132. The summed E-state index contributed by atoms with van der Waals surface area (Å²) in [6.45, 7) is 5.68. The summed E-state index contributed by atoms with van der Waals surface area (Å²) >= 11 is 5.79. The van der Waals surface area contributed by atoms with Crippen LogP contribution >= 0.6 is 11.6 Å². The van der Waals surface area contributed by atoms with Gasteiger partial charge in [-0.1, -0.05) is 13.3 Å². The molecule has 1 heterocycles. The van der Waals surface area contributed by atoms with Gasteiger partial charge < -0.3 is 4.90 Å². The Balaban J connectivity index is 2.14. The van der Waals surface area contributed by atoms with Crippen LogP contribution in [0.5, 0.6) is 0 Å². The normalized spacial score (nSPS) is 16.8. The minimum Gasteiger partial charge on any atom is -0.335 e. The number of nitrogens with zero attached hydrogens (tertiary/aromatic N) is 3. The van der Waals surface area contributed by atoms with E-state index in [1.54, 1.807) is 0 Å². The van der Waals surface area contributed by atoms with E-state index in [0.717, 1.165) is 24.2 Å².